The summed E-state index contributed by atoms with van der Waals surface area (Å²) >= 11 is 1.28. The Bertz CT molecular complexity index is 1260. The normalized spacial score (nSPS) is 14.5. The van der Waals surface area contributed by atoms with Crippen LogP contribution in [0.2, 0.25) is 0 Å². The number of carbonyl (C=O) groups excluding carboxylic acids is 2. The SMILES string of the molecule is Cc1ccc(CC(=O)Cc2nc(CS(=O)(=O)c3ccncc3)cs2)c(C(=O)C2CCCC2)c1. The van der Waals surface area contributed by atoms with E-state index in [1.807, 2.05) is 25.1 Å². The molecule has 0 aliphatic heterocycles. The van der Waals surface area contributed by atoms with Gasteiger partial charge in [-0.15, -0.1) is 11.3 Å². The third-order valence-electron chi connectivity index (χ3n) is 5.94. The number of aromatic nitrogens is 2. The van der Waals surface area contributed by atoms with Crippen LogP contribution in [-0.4, -0.2) is 30.0 Å². The Hall–Kier alpha value is -2.71. The van der Waals surface area contributed by atoms with Gasteiger partial charge in [0.15, 0.2) is 15.6 Å². The van der Waals surface area contributed by atoms with Gasteiger partial charge in [0.05, 0.1) is 22.8 Å². The van der Waals surface area contributed by atoms with Crippen LogP contribution in [0.25, 0.3) is 0 Å². The predicted octanol–water partition coefficient (Wildman–Crippen LogP) is 4.55. The highest BCUT2D eigenvalue weighted by Crippen LogP contribution is 2.30. The number of carbonyl (C=O) groups is 2. The number of sulfone groups is 1. The summed E-state index contributed by atoms with van der Waals surface area (Å²) < 4.78 is 25.1. The van der Waals surface area contributed by atoms with Crippen LogP contribution in [-0.2, 0) is 33.2 Å². The molecule has 0 bridgehead atoms. The lowest BCUT2D eigenvalue weighted by atomic mass is 9.90. The topological polar surface area (TPSA) is 94.1 Å². The van der Waals surface area contributed by atoms with Crippen molar-refractivity contribution in [1.29, 1.82) is 0 Å². The quantitative estimate of drug-likeness (QED) is 0.416. The fourth-order valence-electron chi connectivity index (χ4n) is 4.25. The molecule has 8 heteroatoms. The van der Waals surface area contributed by atoms with E-state index in [1.54, 1.807) is 5.38 Å². The number of pyridine rings is 1. The molecule has 172 valence electrons. The molecule has 6 nitrogen and oxygen atoms in total. The van der Waals surface area contributed by atoms with Gasteiger partial charge in [-0.1, -0.05) is 30.5 Å². The highest BCUT2D eigenvalue weighted by molar-refractivity contribution is 7.90. The average Bonchev–Trinajstić information content (AvgIpc) is 3.47. The summed E-state index contributed by atoms with van der Waals surface area (Å²) in [6.45, 7) is 1.95. The highest BCUT2D eigenvalue weighted by atomic mass is 32.2. The molecule has 2 aromatic heterocycles. The van der Waals surface area contributed by atoms with Crippen molar-refractivity contribution >= 4 is 32.7 Å². The number of benzene rings is 1. The second kappa shape index (κ2) is 10.1. The van der Waals surface area contributed by atoms with Crippen LogP contribution in [0.3, 0.4) is 0 Å². The molecule has 1 aromatic carbocycles. The molecular weight excluding hydrogens is 456 g/mol. The summed E-state index contributed by atoms with van der Waals surface area (Å²) in [5, 5.41) is 2.26. The minimum Gasteiger partial charge on any atom is -0.299 e. The van der Waals surface area contributed by atoms with Crippen molar-refractivity contribution in [2.45, 2.75) is 56.1 Å². The maximum atomic E-state index is 13.0. The van der Waals surface area contributed by atoms with E-state index in [0.717, 1.165) is 36.8 Å². The molecular formula is C25H26N2O4S2. The van der Waals surface area contributed by atoms with Crippen LogP contribution in [0, 0.1) is 12.8 Å². The molecule has 4 rings (SSSR count). The van der Waals surface area contributed by atoms with E-state index in [-0.39, 0.29) is 41.0 Å². The first-order valence-corrected chi connectivity index (χ1v) is 13.6. The second-order valence-corrected chi connectivity index (χ2v) is 11.5. The van der Waals surface area contributed by atoms with Gasteiger partial charge >= 0.3 is 0 Å². The minimum absolute atomic E-state index is 0.0442. The molecule has 3 aromatic rings. The lowest BCUT2D eigenvalue weighted by molar-refractivity contribution is -0.117. The molecule has 0 atom stereocenters. The van der Waals surface area contributed by atoms with Gasteiger partial charge < -0.3 is 0 Å². The van der Waals surface area contributed by atoms with E-state index in [1.165, 1.54) is 35.9 Å². The summed E-state index contributed by atoms with van der Waals surface area (Å²) in [5.41, 5.74) is 2.86. The number of hydrogen-bond donors (Lipinski definition) is 0. The summed E-state index contributed by atoms with van der Waals surface area (Å²) in [7, 11) is -3.52. The zero-order chi connectivity index (χ0) is 23.4. The summed E-state index contributed by atoms with van der Waals surface area (Å²) in [6.07, 6.45) is 7.17. The Labute approximate surface area is 198 Å². The second-order valence-electron chi connectivity index (χ2n) is 8.57. The van der Waals surface area contributed by atoms with E-state index in [9.17, 15) is 18.0 Å². The van der Waals surface area contributed by atoms with Crippen LogP contribution in [0.1, 0.15) is 57.9 Å². The largest absolute Gasteiger partial charge is 0.299 e. The van der Waals surface area contributed by atoms with Crippen molar-refractivity contribution in [3.8, 4) is 0 Å². The first-order valence-electron chi connectivity index (χ1n) is 11.0. The smallest absolute Gasteiger partial charge is 0.184 e. The Kier molecular flexibility index (Phi) is 7.14. The van der Waals surface area contributed by atoms with E-state index in [0.29, 0.717) is 16.3 Å². The molecule has 0 saturated heterocycles. The Morgan fingerprint density at radius 1 is 1.06 bits per heavy atom. The van der Waals surface area contributed by atoms with Crippen molar-refractivity contribution in [3.05, 3.63) is 75.5 Å². The molecule has 33 heavy (non-hydrogen) atoms. The first kappa shape index (κ1) is 23.4. The zero-order valence-corrected chi connectivity index (χ0v) is 20.1. The first-order chi connectivity index (χ1) is 15.8. The minimum atomic E-state index is -3.52. The maximum Gasteiger partial charge on any atom is 0.184 e. The number of aryl methyl sites for hydroxylation is 1. The van der Waals surface area contributed by atoms with Crippen molar-refractivity contribution in [3.63, 3.8) is 0 Å². The monoisotopic (exact) mass is 482 g/mol. The van der Waals surface area contributed by atoms with E-state index >= 15 is 0 Å². The number of nitrogens with zero attached hydrogens (tertiary/aromatic N) is 2. The van der Waals surface area contributed by atoms with Crippen LogP contribution >= 0.6 is 11.3 Å². The van der Waals surface area contributed by atoms with Gasteiger partial charge in [0.1, 0.15) is 10.8 Å². The standard InChI is InChI=1S/C25H26N2O4S2/c1-17-6-7-19(23(12-17)25(29)18-4-2-3-5-18)13-21(28)14-24-27-20(15-32-24)16-33(30,31)22-8-10-26-11-9-22/h6-12,15,18H,2-5,13-14,16H2,1H3. The van der Waals surface area contributed by atoms with Crippen LogP contribution in [0.4, 0.5) is 0 Å². The van der Waals surface area contributed by atoms with Gasteiger partial charge in [-0.3, -0.25) is 14.6 Å². The summed E-state index contributed by atoms with van der Waals surface area (Å²) in [4.78, 5) is 34.3. The van der Waals surface area contributed by atoms with Crippen LogP contribution in [0.15, 0.2) is 53.0 Å². The number of ketones is 2. The lowest BCUT2D eigenvalue weighted by Crippen LogP contribution is -2.16. The van der Waals surface area contributed by atoms with Crippen molar-refractivity contribution < 1.29 is 18.0 Å². The van der Waals surface area contributed by atoms with Gasteiger partial charge in [0.25, 0.3) is 0 Å². The Balaban J connectivity index is 1.43. The third-order valence-corrected chi connectivity index (χ3v) is 8.50. The Morgan fingerprint density at radius 2 is 1.79 bits per heavy atom. The molecule has 1 fully saturated rings. The Morgan fingerprint density at radius 3 is 2.52 bits per heavy atom. The van der Waals surface area contributed by atoms with Crippen LogP contribution in [0.5, 0.6) is 0 Å². The van der Waals surface area contributed by atoms with E-state index in [2.05, 4.69) is 9.97 Å². The molecule has 0 N–H and O–H groups in total. The molecule has 0 unspecified atom stereocenters. The van der Waals surface area contributed by atoms with E-state index < -0.39 is 9.84 Å². The summed E-state index contributed by atoms with van der Waals surface area (Å²) in [6, 6.07) is 8.62. The molecule has 0 spiro atoms. The zero-order valence-electron chi connectivity index (χ0n) is 18.5. The van der Waals surface area contributed by atoms with Gasteiger partial charge in [-0.25, -0.2) is 13.4 Å². The number of Topliss-reactive ketones (excluding diaryl/α,β-unsaturated/α-hetero) is 2. The highest BCUT2D eigenvalue weighted by Gasteiger charge is 2.26. The van der Waals surface area contributed by atoms with E-state index in [4.69, 9.17) is 0 Å². The molecule has 0 radical (unpaired) electrons. The maximum absolute atomic E-state index is 13.0. The molecule has 1 aliphatic rings. The fraction of sp³-hybridized carbons (Fsp3) is 0.360. The number of rotatable bonds is 9. The molecule has 0 amide bonds. The van der Waals surface area contributed by atoms with Crippen LogP contribution < -0.4 is 0 Å². The number of hydrogen-bond acceptors (Lipinski definition) is 7. The van der Waals surface area contributed by atoms with Crippen molar-refractivity contribution in [2.24, 2.45) is 5.92 Å². The van der Waals surface area contributed by atoms with Gasteiger partial charge in [0, 0.05) is 35.7 Å². The summed E-state index contributed by atoms with van der Waals surface area (Å²) in [5.74, 6) is -0.0572. The lowest BCUT2D eigenvalue weighted by Gasteiger charge is -2.13. The molecule has 1 saturated carbocycles. The van der Waals surface area contributed by atoms with Gasteiger partial charge in [0.2, 0.25) is 0 Å². The van der Waals surface area contributed by atoms with Crippen molar-refractivity contribution in [1.82, 2.24) is 9.97 Å². The average molecular weight is 483 g/mol. The predicted molar refractivity (Wildman–Crippen MR) is 127 cm³/mol. The fourth-order valence-corrected chi connectivity index (χ4v) is 6.41. The van der Waals surface area contributed by atoms with Gasteiger partial charge in [-0.05, 0) is 43.5 Å². The van der Waals surface area contributed by atoms with Crippen molar-refractivity contribution in [2.75, 3.05) is 0 Å². The third kappa shape index (κ3) is 5.81. The molecule has 2 heterocycles. The molecule has 1 aliphatic carbocycles. The van der Waals surface area contributed by atoms with Gasteiger partial charge in [-0.2, -0.15) is 0 Å². The number of thiazole rings is 1.